The first-order chi connectivity index (χ1) is 9.13. The SMILES string of the molecule is COc1cc2cc(/C=C/C(C)=O)nnc2cc1OC. The number of nitrogens with zero attached hydrogens (tertiary/aromatic N) is 2. The number of carbonyl (C=O) groups excluding carboxylic acids is 1. The van der Waals surface area contributed by atoms with Gasteiger partial charge in [-0.25, -0.2) is 0 Å². The van der Waals surface area contributed by atoms with Crippen LogP contribution in [0.5, 0.6) is 11.5 Å². The number of fused-ring (bicyclic) bond motifs is 1. The van der Waals surface area contributed by atoms with E-state index in [1.165, 1.54) is 13.0 Å². The van der Waals surface area contributed by atoms with Gasteiger partial charge in [0.25, 0.3) is 0 Å². The fourth-order valence-corrected chi connectivity index (χ4v) is 1.67. The molecule has 0 bridgehead atoms. The molecule has 0 amide bonds. The quantitative estimate of drug-likeness (QED) is 0.787. The molecular weight excluding hydrogens is 244 g/mol. The van der Waals surface area contributed by atoms with Crippen molar-refractivity contribution in [3.05, 3.63) is 30.0 Å². The number of rotatable bonds is 4. The molecule has 0 atom stereocenters. The molecule has 0 spiro atoms. The maximum Gasteiger partial charge on any atom is 0.162 e. The van der Waals surface area contributed by atoms with Crippen LogP contribution < -0.4 is 9.47 Å². The van der Waals surface area contributed by atoms with Gasteiger partial charge in [-0.15, -0.1) is 5.10 Å². The van der Waals surface area contributed by atoms with Gasteiger partial charge in [0.2, 0.25) is 0 Å². The van der Waals surface area contributed by atoms with Gasteiger partial charge in [0.15, 0.2) is 17.3 Å². The number of hydrogen-bond acceptors (Lipinski definition) is 5. The highest BCUT2D eigenvalue weighted by molar-refractivity contribution is 5.92. The third-order valence-corrected chi connectivity index (χ3v) is 2.60. The van der Waals surface area contributed by atoms with Crippen molar-refractivity contribution < 1.29 is 14.3 Å². The summed E-state index contributed by atoms with van der Waals surface area (Å²) in [6, 6.07) is 5.43. The molecule has 0 saturated carbocycles. The molecule has 0 aliphatic rings. The molecule has 5 heteroatoms. The van der Waals surface area contributed by atoms with Crippen molar-refractivity contribution in [2.24, 2.45) is 0 Å². The van der Waals surface area contributed by atoms with Crippen molar-refractivity contribution in [3.8, 4) is 11.5 Å². The number of ether oxygens (including phenoxy) is 2. The van der Waals surface area contributed by atoms with Crippen LogP contribution in [0.4, 0.5) is 0 Å². The molecule has 0 aliphatic carbocycles. The highest BCUT2D eigenvalue weighted by Crippen LogP contribution is 2.31. The summed E-state index contributed by atoms with van der Waals surface area (Å²) in [5.41, 5.74) is 1.33. The predicted molar refractivity (Wildman–Crippen MR) is 72.4 cm³/mol. The van der Waals surface area contributed by atoms with Crippen molar-refractivity contribution in [1.82, 2.24) is 10.2 Å². The summed E-state index contributed by atoms with van der Waals surface area (Å²) in [5, 5.41) is 8.99. The Hall–Kier alpha value is -2.43. The smallest absolute Gasteiger partial charge is 0.162 e. The topological polar surface area (TPSA) is 61.3 Å². The summed E-state index contributed by atoms with van der Waals surface area (Å²) >= 11 is 0. The number of benzene rings is 1. The Bertz CT molecular complexity index is 650. The van der Waals surface area contributed by atoms with Gasteiger partial charge < -0.3 is 9.47 Å². The first kappa shape index (κ1) is 13.0. The van der Waals surface area contributed by atoms with Crippen LogP contribution in [0.1, 0.15) is 12.6 Å². The Morgan fingerprint density at radius 1 is 1.11 bits per heavy atom. The Morgan fingerprint density at radius 3 is 2.42 bits per heavy atom. The molecule has 2 rings (SSSR count). The van der Waals surface area contributed by atoms with Crippen LogP contribution in [0.25, 0.3) is 17.0 Å². The number of hydrogen-bond donors (Lipinski definition) is 0. The second kappa shape index (κ2) is 5.48. The van der Waals surface area contributed by atoms with E-state index in [1.54, 1.807) is 26.4 Å². The summed E-state index contributed by atoms with van der Waals surface area (Å²) < 4.78 is 10.4. The number of allylic oxidation sites excluding steroid dienone is 1. The van der Waals surface area contributed by atoms with Crippen LogP contribution in [0.3, 0.4) is 0 Å². The lowest BCUT2D eigenvalue weighted by Crippen LogP contribution is -1.94. The first-order valence-electron chi connectivity index (χ1n) is 5.72. The molecule has 0 N–H and O–H groups in total. The lowest BCUT2D eigenvalue weighted by molar-refractivity contribution is -0.112. The van der Waals surface area contributed by atoms with E-state index >= 15 is 0 Å². The number of methoxy groups -OCH3 is 2. The van der Waals surface area contributed by atoms with E-state index < -0.39 is 0 Å². The van der Waals surface area contributed by atoms with E-state index in [0.29, 0.717) is 22.7 Å². The van der Waals surface area contributed by atoms with Gasteiger partial charge in [0.05, 0.1) is 25.4 Å². The average Bonchev–Trinajstić information content (AvgIpc) is 2.43. The molecule has 5 nitrogen and oxygen atoms in total. The van der Waals surface area contributed by atoms with Crippen molar-refractivity contribution in [2.75, 3.05) is 14.2 Å². The number of carbonyl (C=O) groups is 1. The third-order valence-electron chi connectivity index (χ3n) is 2.60. The molecule has 0 fully saturated rings. The van der Waals surface area contributed by atoms with Crippen LogP contribution in [0, 0.1) is 0 Å². The van der Waals surface area contributed by atoms with Gasteiger partial charge in [-0.2, -0.15) is 5.10 Å². The van der Waals surface area contributed by atoms with Crippen molar-refractivity contribution in [3.63, 3.8) is 0 Å². The lowest BCUT2D eigenvalue weighted by Gasteiger charge is -2.08. The maximum atomic E-state index is 10.9. The summed E-state index contributed by atoms with van der Waals surface area (Å²) in [5.74, 6) is 1.20. The number of aromatic nitrogens is 2. The average molecular weight is 258 g/mol. The van der Waals surface area contributed by atoms with Crippen molar-refractivity contribution in [2.45, 2.75) is 6.92 Å². The standard InChI is InChI=1S/C14H14N2O3/c1-9(17)4-5-11-6-10-7-13(18-2)14(19-3)8-12(10)16-15-11/h4-8H,1-3H3/b5-4+. The third kappa shape index (κ3) is 2.88. The van der Waals surface area contributed by atoms with E-state index in [4.69, 9.17) is 9.47 Å². The molecule has 0 radical (unpaired) electrons. The summed E-state index contributed by atoms with van der Waals surface area (Å²) in [4.78, 5) is 10.9. The number of ketones is 1. The van der Waals surface area contributed by atoms with Crippen molar-refractivity contribution >= 4 is 22.8 Å². The fourth-order valence-electron chi connectivity index (χ4n) is 1.67. The predicted octanol–water partition coefficient (Wildman–Crippen LogP) is 2.25. The first-order valence-corrected chi connectivity index (χ1v) is 5.72. The minimum atomic E-state index is -0.0331. The Kier molecular flexibility index (Phi) is 3.75. The van der Waals surface area contributed by atoms with E-state index in [2.05, 4.69) is 10.2 Å². The van der Waals surface area contributed by atoms with Gasteiger partial charge in [-0.1, -0.05) is 0 Å². The molecular formula is C14H14N2O3. The Balaban J connectivity index is 2.50. The molecule has 1 heterocycles. The highest BCUT2D eigenvalue weighted by atomic mass is 16.5. The maximum absolute atomic E-state index is 10.9. The summed E-state index contributed by atoms with van der Waals surface area (Å²) in [6.07, 6.45) is 3.09. The molecule has 19 heavy (non-hydrogen) atoms. The van der Waals surface area contributed by atoms with Gasteiger partial charge in [0.1, 0.15) is 0 Å². The normalized spacial score (nSPS) is 10.9. The van der Waals surface area contributed by atoms with E-state index in [0.717, 1.165) is 5.39 Å². The highest BCUT2D eigenvalue weighted by Gasteiger charge is 2.07. The van der Waals surface area contributed by atoms with Gasteiger partial charge in [-0.05, 0) is 31.2 Å². The van der Waals surface area contributed by atoms with E-state index in [9.17, 15) is 4.79 Å². The van der Waals surface area contributed by atoms with Crippen LogP contribution >= 0.6 is 0 Å². The van der Waals surface area contributed by atoms with Gasteiger partial charge in [0, 0.05) is 11.5 Å². The fraction of sp³-hybridized carbons (Fsp3) is 0.214. The summed E-state index contributed by atoms with van der Waals surface area (Å²) in [6.45, 7) is 1.48. The van der Waals surface area contributed by atoms with Crippen LogP contribution in [-0.4, -0.2) is 30.2 Å². The molecule has 2 aromatic rings. The Morgan fingerprint density at radius 2 is 1.79 bits per heavy atom. The molecule has 98 valence electrons. The molecule has 1 aromatic carbocycles. The van der Waals surface area contributed by atoms with Crippen LogP contribution in [-0.2, 0) is 4.79 Å². The minimum Gasteiger partial charge on any atom is -0.493 e. The molecule has 0 aliphatic heterocycles. The van der Waals surface area contributed by atoms with Crippen LogP contribution in [0.2, 0.25) is 0 Å². The van der Waals surface area contributed by atoms with E-state index in [1.807, 2.05) is 12.1 Å². The van der Waals surface area contributed by atoms with Crippen LogP contribution in [0.15, 0.2) is 24.3 Å². The summed E-state index contributed by atoms with van der Waals surface area (Å²) in [7, 11) is 3.15. The van der Waals surface area contributed by atoms with Gasteiger partial charge in [-0.3, -0.25) is 4.79 Å². The lowest BCUT2D eigenvalue weighted by atomic mass is 10.2. The second-order valence-electron chi connectivity index (χ2n) is 3.98. The zero-order valence-corrected chi connectivity index (χ0v) is 11.0. The zero-order chi connectivity index (χ0) is 13.8. The molecule has 0 unspecified atom stereocenters. The zero-order valence-electron chi connectivity index (χ0n) is 11.0. The minimum absolute atomic E-state index is 0.0331. The monoisotopic (exact) mass is 258 g/mol. The van der Waals surface area contributed by atoms with Gasteiger partial charge >= 0.3 is 0 Å². The second-order valence-corrected chi connectivity index (χ2v) is 3.98. The molecule has 1 aromatic heterocycles. The van der Waals surface area contributed by atoms with E-state index in [-0.39, 0.29) is 5.78 Å². The van der Waals surface area contributed by atoms with Crippen molar-refractivity contribution in [1.29, 1.82) is 0 Å². The Labute approximate surface area is 110 Å². The molecule has 0 saturated heterocycles. The largest absolute Gasteiger partial charge is 0.493 e.